The second kappa shape index (κ2) is 9.94. The van der Waals surface area contributed by atoms with Gasteiger partial charge in [-0.05, 0) is 44.0 Å². The molecule has 5 heteroatoms. The zero-order valence-electron chi connectivity index (χ0n) is 11.8. The lowest BCUT2D eigenvalue weighted by atomic mass is 10.1. The SMILES string of the molecule is CCOC(=O)CCCCCCS(=O)c1ccc(Cl)cc1. The highest BCUT2D eigenvalue weighted by Gasteiger charge is 2.04. The van der Waals surface area contributed by atoms with Crippen LogP contribution in [-0.4, -0.2) is 22.5 Å². The van der Waals surface area contributed by atoms with Gasteiger partial charge in [0.2, 0.25) is 0 Å². The number of hydrogen-bond acceptors (Lipinski definition) is 3. The van der Waals surface area contributed by atoms with Crippen molar-refractivity contribution in [2.45, 2.75) is 43.9 Å². The van der Waals surface area contributed by atoms with E-state index in [0.717, 1.165) is 30.6 Å². The lowest BCUT2D eigenvalue weighted by molar-refractivity contribution is -0.143. The lowest BCUT2D eigenvalue weighted by Crippen LogP contribution is -2.03. The van der Waals surface area contributed by atoms with E-state index in [9.17, 15) is 9.00 Å². The molecule has 0 heterocycles. The fraction of sp³-hybridized carbons (Fsp3) is 0.533. The zero-order chi connectivity index (χ0) is 14.8. The van der Waals surface area contributed by atoms with Gasteiger partial charge < -0.3 is 4.74 Å². The first-order valence-corrected chi connectivity index (χ1v) is 8.62. The Kier molecular flexibility index (Phi) is 8.54. The molecule has 1 aromatic rings. The summed E-state index contributed by atoms with van der Waals surface area (Å²) >= 11 is 5.79. The molecule has 0 spiro atoms. The highest BCUT2D eigenvalue weighted by atomic mass is 35.5. The van der Waals surface area contributed by atoms with Crippen LogP contribution in [0.2, 0.25) is 5.02 Å². The maximum atomic E-state index is 12.0. The van der Waals surface area contributed by atoms with Gasteiger partial charge in [-0.15, -0.1) is 0 Å². The Morgan fingerprint density at radius 3 is 2.45 bits per heavy atom. The fourth-order valence-electron chi connectivity index (χ4n) is 1.79. The second-order valence-corrected chi connectivity index (χ2v) is 6.48. The van der Waals surface area contributed by atoms with Crippen LogP contribution in [0.1, 0.15) is 39.0 Å². The Labute approximate surface area is 128 Å². The molecule has 0 aromatic heterocycles. The molecule has 20 heavy (non-hydrogen) atoms. The minimum Gasteiger partial charge on any atom is -0.466 e. The lowest BCUT2D eigenvalue weighted by Gasteiger charge is -2.03. The first-order chi connectivity index (χ1) is 9.63. The predicted octanol–water partition coefficient (Wildman–Crippen LogP) is 3.96. The largest absolute Gasteiger partial charge is 0.466 e. The number of benzene rings is 1. The van der Waals surface area contributed by atoms with Crippen molar-refractivity contribution in [1.82, 2.24) is 0 Å². The zero-order valence-corrected chi connectivity index (χ0v) is 13.3. The van der Waals surface area contributed by atoms with Gasteiger partial charge in [0.15, 0.2) is 0 Å². The van der Waals surface area contributed by atoms with Gasteiger partial charge in [-0.25, -0.2) is 0 Å². The van der Waals surface area contributed by atoms with Crippen molar-refractivity contribution in [1.29, 1.82) is 0 Å². The summed E-state index contributed by atoms with van der Waals surface area (Å²) in [5.74, 6) is 0.526. The summed E-state index contributed by atoms with van der Waals surface area (Å²) in [6, 6.07) is 7.13. The molecule has 1 atom stereocenters. The molecule has 0 bridgehead atoms. The van der Waals surface area contributed by atoms with Crippen LogP contribution in [0.25, 0.3) is 0 Å². The summed E-state index contributed by atoms with van der Waals surface area (Å²) in [6.07, 6.45) is 4.17. The van der Waals surface area contributed by atoms with E-state index in [4.69, 9.17) is 16.3 Å². The van der Waals surface area contributed by atoms with Gasteiger partial charge >= 0.3 is 5.97 Å². The van der Waals surface area contributed by atoms with Gasteiger partial charge in [0.1, 0.15) is 0 Å². The molecule has 0 aliphatic rings. The molecule has 0 saturated heterocycles. The minimum absolute atomic E-state index is 0.128. The molecule has 1 unspecified atom stereocenters. The van der Waals surface area contributed by atoms with Crippen LogP contribution in [0.5, 0.6) is 0 Å². The van der Waals surface area contributed by atoms with Crippen LogP contribution in [0.3, 0.4) is 0 Å². The van der Waals surface area contributed by atoms with Gasteiger partial charge in [0.25, 0.3) is 0 Å². The Morgan fingerprint density at radius 2 is 1.80 bits per heavy atom. The third-order valence-corrected chi connectivity index (χ3v) is 4.55. The van der Waals surface area contributed by atoms with Crippen LogP contribution in [-0.2, 0) is 20.3 Å². The van der Waals surface area contributed by atoms with Gasteiger partial charge in [-0.1, -0.05) is 24.4 Å². The number of hydrogen-bond donors (Lipinski definition) is 0. The van der Waals surface area contributed by atoms with Gasteiger partial charge in [0, 0.05) is 22.1 Å². The van der Waals surface area contributed by atoms with Gasteiger partial charge in [-0.3, -0.25) is 9.00 Å². The third kappa shape index (κ3) is 7.06. The third-order valence-electron chi connectivity index (χ3n) is 2.84. The smallest absolute Gasteiger partial charge is 0.305 e. The van der Waals surface area contributed by atoms with Crippen molar-refractivity contribution in [3.8, 4) is 0 Å². The molecule has 112 valence electrons. The fourth-order valence-corrected chi connectivity index (χ4v) is 3.06. The van der Waals surface area contributed by atoms with Crippen LogP contribution < -0.4 is 0 Å². The van der Waals surface area contributed by atoms with E-state index in [-0.39, 0.29) is 5.97 Å². The van der Waals surface area contributed by atoms with E-state index in [1.165, 1.54) is 0 Å². The minimum atomic E-state index is -0.959. The number of esters is 1. The summed E-state index contributed by atoms with van der Waals surface area (Å²) in [4.78, 5) is 11.9. The topological polar surface area (TPSA) is 43.4 Å². The summed E-state index contributed by atoms with van der Waals surface area (Å²) in [5.41, 5.74) is 0. The van der Waals surface area contributed by atoms with Crippen molar-refractivity contribution >= 4 is 28.4 Å². The molecule has 1 aromatic carbocycles. The van der Waals surface area contributed by atoms with E-state index in [0.29, 0.717) is 23.8 Å². The van der Waals surface area contributed by atoms with Crippen LogP contribution >= 0.6 is 11.6 Å². The normalized spacial score (nSPS) is 12.1. The van der Waals surface area contributed by atoms with Gasteiger partial charge in [-0.2, -0.15) is 0 Å². The number of carbonyl (C=O) groups excluding carboxylic acids is 1. The summed E-state index contributed by atoms with van der Waals surface area (Å²) in [7, 11) is -0.959. The van der Waals surface area contributed by atoms with E-state index < -0.39 is 10.8 Å². The van der Waals surface area contributed by atoms with Crippen molar-refractivity contribution in [2.24, 2.45) is 0 Å². The summed E-state index contributed by atoms with van der Waals surface area (Å²) in [5, 5.41) is 0.657. The number of carbonyl (C=O) groups is 1. The van der Waals surface area contributed by atoms with Crippen LogP contribution in [0.15, 0.2) is 29.2 Å². The number of rotatable bonds is 9. The first-order valence-electron chi connectivity index (χ1n) is 6.93. The van der Waals surface area contributed by atoms with Crippen molar-refractivity contribution in [2.75, 3.05) is 12.4 Å². The van der Waals surface area contributed by atoms with Crippen molar-refractivity contribution in [3.63, 3.8) is 0 Å². The molecule has 0 aliphatic carbocycles. The Hall–Kier alpha value is -0.870. The molecule has 0 N–H and O–H groups in total. The average Bonchev–Trinajstić information content (AvgIpc) is 2.43. The summed E-state index contributed by atoms with van der Waals surface area (Å²) < 4.78 is 16.8. The maximum Gasteiger partial charge on any atom is 0.305 e. The van der Waals surface area contributed by atoms with E-state index in [2.05, 4.69) is 0 Å². The molecule has 3 nitrogen and oxygen atoms in total. The quantitative estimate of drug-likeness (QED) is 0.511. The van der Waals surface area contributed by atoms with Crippen molar-refractivity contribution < 1.29 is 13.7 Å². The van der Waals surface area contributed by atoms with Crippen LogP contribution in [0.4, 0.5) is 0 Å². The van der Waals surface area contributed by atoms with E-state index >= 15 is 0 Å². The predicted molar refractivity (Wildman–Crippen MR) is 82.4 cm³/mol. The molecule has 0 radical (unpaired) electrons. The Morgan fingerprint density at radius 1 is 1.15 bits per heavy atom. The second-order valence-electron chi connectivity index (χ2n) is 4.47. The average molecular weight is 317 g/mol. The van der Waals surface area contributed by atoms with Crippen LogP contribution in [0, 0.1) is 0 Å². The highest BCUT2D eigenvalue weighted by molar-refractivity contribution is 7.85. The number of unbranched alkanes of at least 4 members (excludes halogenated alkanes) is 3. The molecular formula is C15H21ClO3S. The van der Waals surface area contributed by atoms with Gasteiger partial charge in [0.05, 0.1) is 17.4 Å². The molecule has 0 aliphatic heterocycles. The Balaban J connectivity index is 2.10. The number of ether oxygens (including phenoxy) is 1. The molecule has 0 saturated carbocycles. The van der Waals surface area contributed by atoms with E-state index in [1.54, 1.807) is 24.3 Å². The monoisotopic (exact) mass is 316 g/mol. The molecular weight excluding hydrogens is 296 g/mol. The van der Waals surface area contributed by atoms with Crippen molar-refractivity contribution in [3.05, 3.63) is 29.3 Å². The number of halogens is 1. The standard InChI is InChI=1S/C15H21ClO3S/c1-2-19-15(17)7-5-3-4-6-12-20(18)14-10-8-13(16)9-11-14/h8-11H,2-7,12H2,1H3. The first kappa shape index (κ1) is 17.2. The maximum absolute atomic E-state index is 12.0. The van der Waals surface area contributed by atoms with E-state index in [1.807, 2.05) is 6.92 Å². The Bertz CT molecular complexity index is 431. The highest BCUT2D eigenvalue weighted by Crippen LogP contribution is 2.14. The molecule has 0 fully saturated rings. The summed E-state index contributed by atoms with van der Waals surface area (Å²) in [6.45, 7) is 2.25. The molecule has 0 amide bonds. The molecule has 1 rings (SSSR count).